The molecule has 2 atom stereocenters. The largest absolute Gasteiger partial charge is 0.349 e. The molecule has 0 spiro atoms. The lowest BCUT2D eigenvalue weighted by Crippen LogP contribution is -2.42. The van der Waals surface area contributed by atoms with Crippen molar-refractivity contribution >= 4 is 0 Å². The van der Waals surface area contributed by atoms with Gasteiger partial charge in [-0.25, -0.2) is 4.98 Å². The van der Waals surface area contributed by atoms with E-state index in [4.69, 9.17) is 0 Å². The van der Waals surface area contributed by atoms with Crippen LogP contribution in [0.2, 0.25) is 0 Å². The zero-order valence-electron chi connectivity index (χ0n) is 12.0. The molecule has 3 nitrogen and oxygen atoms in total. The molecule has 1 aromatic rings. The lowest BCUT2D eigenvalue weighted by Gasteiger charge is -2.34. The molecular weight excluding hydrogens is 222 g/mol. The second kappa shape index (κ2) is 5.87. The molecule has 102 valence electrons. The summed E-state index contributed by atoms with van der Waals surface area (Å²) in [6.45, 7) is 8.19. The van der Waals surface area contributed by atoms with Crippen LogP contribution in [-0.4, -0.2) is 22.6 Å². The summed E-state index contributed by atoms with van der Waals surface area (Å²) in [7, 11) is 0. The molecule has 1 aliphatic carbocycles. The van der Waals surface area contributed by atoms with Crippen molar-refractivity contribution in [2.75, 3.05) is 6.54 Å². The Hall–Kier alpha value is -0.830. The first-order valence-electron chi connectivity index (χ1n) is 7.35. The molecule has 0 aromatic carbocycles. The second-order valence-electron chi connectivity index (χ2n) is 6.29. The molecule has 2 rings (SSSR count). The number of aromatic amines is 1. The number of nitrogens with one attached hydrogen (secondary N) is 2. The van der Waals surface area contributed by atoms with E-state index in [9.17, 15) is 0 Å². The number of imidazole rings is 1. The van der Waals surface area contributed by atoms with Crippen LogP contribution in [0.3, 0.4) is 0 Å². The predicted molar refractivity (Wildman–Crippen MR) is 75.5 cm³/mol. The molecule has 0 bridgehead atoms. The Bertz CT molecular complexity index is 343. The maximum Gasteiger partial charge on any atom is 0.107 e. The summed E-state index contributed by atoms with van der Waals surface area (Å²) in [4.78, 5) is 7.63. The normalized spacial score (nSPS) is 24.3. The SMILES string of the molecule is CCCNC(Cc1ncc[nH]1)C1CCCC1(C)C. The third kappa shape index (κ3) is 3.14. The van der Waals surface area contributed by atoms with Gasteiger partial charge in [0.1, 0.15) is 5.82 Å². The lowest BCUT2D eigenvalue weighted by molar-refractivity contribution is 0.194. The Morgan fingerprint density at radius 3 is 2.94 bits per heavy atom. The molecule has 2 N–H and O–H groups in total. The number of aromatic nitrogens is 2. The summed E-state index contributed by atoms with van der Waals surface area (Å²) in [6, 6.07) is 0.564. The van der Waals surface area contributed by atoms with E-state index in [1.54, 1.807) is 0 Å². The van der Waals surface area contributed by atoms with Gasteiger partial charge in [0.05, 0.1) is 0 Å². The monoisotopic (exact) mass is 249 g/mol. The zero-order chi connectivity index (χ0) is 13.0. The topological polar surface area (TPSA) is 40.7 Å². The van der Waals surface area contributed by atoms with Crippen molar-refractivity contribution < 1.29 is 0 Å². The van der Waals surface area contributed by atoms with Crippen molar-refractivity contribution in [1.82, 2.24) is 15.3 Å². The van der Waals surface area contributed by atoms with Gasteiger partial charge >= 0.3 is 0 Å². The van der Waals surface area contributed by atoms with Crippen molar-refractivity contribution in [3.8, 4) is 0 Å². The molecule has 1 fully saturated rings. The smallest absolute Gasteiger partial charge is 0.107 e. The number of H-pyrrole nitrogens is 1. The second-order valence-corrected chi connectivity index (χ2v) is 6.29. The highest BCUT2D eigenvalue weighted by Gasteiger charge is 2.39. The highest BCUT2D eigenvalue weighted by molar-refractivity contribution is 4.98. The van der Waals surface area contributed by atoms with Crippen LogP contribution in [0, 0.1) is 11.3 Å². The number of hydrogen-bond donors (Lipinski definition) is 2. The van der Waals surface area contributed by atoms with Gasteiger partial charge < -0.3 is 10.3 Å². The number of rotatable bonds is 6. The summed E-state index contributed by atoms with van der Waals surface area (Å²) >= 11 is 0. The molecule has 0 radical (unpaired) electrons. The minimum Gasteiger partial charge on any atom is -0.349 e. The number of nitrogens with zero attached hydrogens (tertiary/aromatic N) is 1. The molecule has 18 heavy (non-hydrogen) atoms. The van der Waals surface area contributed by atoms with Gasteiger partial charge in [-0.1, -0.05) is 27.2 Å². The summed E-state index contributed by atoms with van der Waals surface area (Å²) in [5.74, 6) is 1.89. The van der Waals surface area contributed by atoms with Crippen molar-refractivity contribution in [1.29, 1.82) is 0 Å². The highest BCUT2D eigenvalue weighted by atomic mass is 15.0. The molecule has 0 saturated heterocycles. The lowest BCUT2D eigenvalue weighted by atomic mass is 9.76. The zero-order valence-corrected chi connectivity index (χ0v) is 12.0. The van der Waals surface area contributed by atoms with Crippen LogP contribution in [0.15, 0.2) is 12.4 Å². The third-order valence-corrected chi connectivity index (χ3v) is 4.45. The van der Waals surface area contributed by atoms with Gasteiger partial charge in [0.25, 0.3) is 0 Å². The fourth-order valence-corrected chi connectivity index (χ4v) is 3.40. The van der Waals surface area contributed by atoms with E-state index in [0.29, 0.717) is 11.5 Å². The van der Waals surface area contributed by atoms with Crippen LogP contribution in [0.25, 0.3) is 0 Å². The van der Waals surface area contributed by atoms with Crippen molar-refractivity contribution in [2.45, 2.75) is 58.9 Å². The van der Waals surface area contributed by atoms with Gasteiger partial charge in [0.15, 0.2) is 0 Å². The van der Waals surface area contributed by atoms with Crippen LogP contribution >= 0.6 is 0 Å². The third-order valence-electron chi connectivity index (χ3n) is 4.45. The predicted octanol–water partition coefficient (Wildman–Crippen LogP) is 3.15. The summed E-state index contributed by atoms with van der Waals surface area (Å²) in [5.41, 5.74) is 0.470. The van der Waals surface area contributed by atoms with Crippen LogP contribution in [0.5, 0.6) is 0 Å². The van der Waals surface area contributed by atoms with Gasteiger partial charge in [-0.15, -0.1) is 0 Å². The first-order valence-corrected chi connectivity index (χ1v) is 7.35. The van der Waals surface area contributed by atoms with Crippen LogP contribution in [-0.2, 0) is 6.42 Å². The van der Waals surface area contributed by atoms with E-state index < -0.39 is 0 Å². The summed E-state index contributed by atoms with van der Waals surface area (Å²) < 4.78 is 0. The van der Waals surface area contributed by atoms with Gasteiger partial charge in [-0.05, 0) is 37.1 Å². The summed E-state index contributed by atoms with van der Waals surface area (Å²) in [6.07, 6.45) is 10.1. The Kier molecular flexibility index (Phi) is 4.44. The highest BCUT2D eigenvalue weighted by Crippen LogP contribution is 2.44. The number of hydrogen-bond acceptors (Lipinski definition) is 2. The Morgan fingerprint density at radius 2 is 2.39 bits per heavy atom. The minimum absolute atomic E-state index is 0.470. The van der Waals surface area contributed by atoms with Gasteiger partial charge in [-0.2, -0.15) is 0 Å². The molecule has 1 aromatic heterocycles. The molecular formula is C15H27N3. The molecule has 0 aliphatic heterocycles. The van der Waals surface area contributed by atoms with E-state index in [2.05, 4.69) is 36.1 Å². The van der Waals surface area contributed by atoms with Gasteiger partial charge in [-0.3, -0.25) is 0 Å². The molecule has 1 heterocycles. The first kappa shape index (κ1) is 13.6. The van der Waals surface area contributed by atoms with Crippen LogP contribution in [0.1, 0.15) is 52.3 Å². The van der Waals surface area contributed by atoms with Gasteiger partial charge in [0, 0.05) is 24.9 Å². The first-order chi connectivity index (χ1) is 8.63. The standard InChI is InChI=1S/C15H27N3/c1-4-8-16-13(11-14-17-9-10-18-14)12-6-5-7-15(12,2)3/h9-10,12-13,16H,4-8,11H2,1-3H3,(H,17,18). The van der Waals surface area contributed by atoms with E-state index >= 15 is 0 Å². The Morgan fingerprint density at radius 1 is 1.56 bits per heavy atom. The average molecular weight is 249 g/mol. The van der Waals surface area contributed by atoms with E-state index in [0.717, 1.165) is 24.7 Å². The average Bonchev–Trinajstić information content (AvgIpc) is 2.93. The van der Waals surface area contributed by atoms with Crippen molar-refractivity contribution in [3.63, 3.8) is 0 Å². The molecule has 0 amide bonds. The van der Waals surface area contributed by atoms with Crippen molar-refractivity contribution in [3.05, 3.63) is 18.2 Å². The van der Waals surface area contributed by atoms with E-state index in [1.807, 2.05) is 12.4 Å². The molecule has 1 saturated carbocycles. The minimum atomic E-state index is 0.470. The Balaban J connectivity index is 2.04. The Labute approximate surface area is 111 Å². The van der Waals surface area contributed by atoms with E-state index in [-0.39, 0.29) is 0 Å². The van der Waals surface area contributed by atoms with Crippen LogP contribution in [0.4, 0.5) is 0 Å². The summed E-state index contributed by atoms with van der Waals surface area (Å²) in [5, 5.41) is 3.75. The maximum absolute atomic E-state index is 4.39. The molecule has 3 heteroatoms. The molecule has 1 aliphatic rings. The maximum atomic E-state index is 4.39. The van der Waals surface area contributed by atoms with Gasteiger partial charge in [0.2, 0.25) is 0 Å². The molecule has 2 unspecified atom stereocenters. The fraction of sp³-hybridized carbons (Fsp3) is 0.800. The van der Waals surface area contributed by atoms with E-state index in [1.165, 1.54) is 25.7 Å². The van der Waals surface area contributed by atoms with Crippen LogP contribution < -0.4 is 5.32 Å². The fourth-order valence-electron chi connectivity index (χ4n) is 3.40. The quantitative estimate of drug-likeness (QED) is 0.813. The van der Waals surface area contributed by atoms with Crippen molar-refractivity contribution in [2.24, 2.45) is 11.3 Å².